The average Bonchev–Trinajstić information content (AvgIpc) is 3.14. The second-order valence-electron chi connectivity index (χ2n) is 18.7. The molecule has 364 valence electrons. The zero-order chi connectivity index (χ0) is 46.1. The Balaban J connectivity index is 3.89. The molecule has 61 heavy (non-hydrogen) atoms. The van der Waals surface area contributed by atoms with Crippen LogP contribution in [0, 0.1) is 0 Å². The number of amides is 2. The van der Waals surface area contributed by atoms with Gasteiger partial charge in [0.25, 0.3) is 0 Å². The van der Waals surface area contributed by atoms with E-state index in [1.807, 2.05) is 90.0 Å². The highest BCUT2D eigenvalue weighted by Gasteiger charge is 2.28. The van der Waals surface area contributed by atoms with Crippen LogP contribution in [0.15, 0.2) is 0 Å². The monoisotopic (exact) mass is 883 g/mol. The van der Waals surface area contributed by atoms with E-state index in [0.29, 0.717) is 119 Å². The Morgan fingerprint density at radius 3 is 0.967 bits per heavy atom. The third kappa shape index (κ3) is 42.2. The molecule has 0 unspecified atom stereocenters. The van der Waals surface area contributed by atoms with Crippen LogP contribution in [0.2, 0.25) is 0 Å². The van der Waals surface area contributed by atoms with Gasteiger partial charge in [-0.25, -0.2) is 0 Å². The smallest absolute Gasteiger partial charge is 0.246 e. The summed E-state index contributed by atoms with van der Waals surface area (Å²) in [5, 5.41) is 6.11. The van der Waals surface area contributed by atoms with Crippen molar-refractivity contribution in [1.82, 2.24) is 10.6 Å². The molecule has 0 atom stereocenters. The van der Waals surface area contributed by atoms with E-state index < -0.39 is 11.1 Å². The minimum Gasteiger partial charge on any atom is -0.377 e. The molecule has 0 fully saturated rings. The molecule has 0 rings (SSSR count). The predicted octanol–water partition coefficient (Wildman–Crippen LogP) is 5.30. The molecular formula is C45H90N2O14. The van der Waals surface area contributed by atoms with Gasteiger partial charge < -0.3 is 67.5 Å². The molecule has 0 aliphatic rings. The van der Waals surface area contributed by atoms with E-state index in [-0.39, 0.29) is 47.9 Å². The van der Waals surface area contributed by atoms with Gasteiger partial charge in [0.05, 0.1) is 142 Å². The lowest BCUT2D eigenvalue weighted by Gasteiger charge is -2.32. The van der Waals surface area contributed by atoms with Gasteiger partial charge in [0.1, 0.15) is 13.2 Å². The molecule has 0 spiro atoms. The van der Waals surface area contributed by atoms with E-state index in [0.717, 1.165) is 25.7 Å². The molecular weight excluding hydrogens is 792 g/mol. The van der Waals surface area contributed by atoms with Crippen molar-refractivity contribution in [2.45, 2.75) is 150 Å². The van der Waals surface area contributed by atoms with Crippen molar-refractivity contribution in [3.63, 3.8) is 0 Å². The lowest BCUT2D eigenvalue weighted by atomic mass is 9.91. The molecule has 0 heterocycles. The highest BCUT2D eigenvalue weighted by atomic mass is 16.6. The highest BCUT2D eigenvalue weighted by Crippen LogP contribution is 2.23. The molecule has 0 aliphatic heterocycles. The number of rotatable bonds is 42. The fraction of sp³-hybridized carbons (Fsp3) is 0.956. The predicted molar refractivity (Wildman–Crippen MR) is 236 cm³/mol. The summed E-state index contributed by atoms with van der Waals surface area (Å²) < 4.78 is 67.4. The maximum atomic E-state index is 12.5. The van der Waals surface area contributed by atoms with Crippen LogP contribution in [0.3, 0.4) is 0 Å². The largest absolute Gasteiger partial charge is 0.377 e. The first-order valence-electron chi connectivity index (χ1n) is 22.3. The minimum atomic E-state index is -0.421. The summed E-state index contributed by atoms with van der Waals surface area (Å²) in [5.41, 5.74) is -1.78. The van der Waals surface area contributed by atoms with Gasteiger partial charge in [-0.15, -0.1) is 0 Å². The van der Waals surface area contributed by atoms with Gasteiger partial charge in [0.2, 0.25) is 11.8 Å². The van der Waals surface area contributed by atoms with Gasteiger partial charge in [-0.05, 0) is 116 Å². The standard InChI is InChI=1S/C45H90N2O14/c1-38(2)58-32-28-52-21-20-50-18-19-51-24-26-56-36-39(48)46-42(6,7)14-16-44(10,11)60-34-30-53-22-23-54-31-35-61-45(12,13)17-15-43(8,9)47-40(49)37-57-27-25-55-29-33-59-41(3,4)5/h38H,14-37H2,1-13H3,(H,46,48)(H,47,49). The van der Waals surface area contributed by atoms with Crippen molar-refractivity contribution in [1.29, 1.82) is 0 Å². The van der Waals surface area contributed by atoms with Crippen LogP contribution >= 0.6 is 0 Å². The molecule has 0 radical (unpaired) electrons. The first-order chi connectivity index (χ1) is 28.5. The van der Waals surface area contributed by atoms with Crippen LogP contribution in [0.4, 0.5) is 0 Å². The SMILES string of the molecule is CC(C)OCCOCCOCCOCCOCC(=O)NC(C)(C)CCC(C)(C)OCCOCCOCCOC(C)(C)CCC(C)(C)NC(=O)COCCOCCOC(C)(C)C. The summed E-state index contributed by atoms with van der Waals surface area (Å²) in [6, 6.07) is 0. The second-order valence-corrected chi connectivity index (χ2v) is 18.7. The maximum absolute atomic E-state index is 12.5. The van der Waals surface area contributed by atoms with E-state index >= 15 is 0 Å². The summed E-state index contributed by atoms with van der Waals surface area (Å²) in [6.45, 7) is 34.4. The van der Waals surface area contributed by atoms with E-state index in [1.165, 1.54) is 0 Å². The minimum absolute atomic E-state index is 0.0138. The molecule has 0 bridgehead atoms. The van der Waals surface area contributed by atoms with Gasteiger partial charge in [-0.2, -0.15) is 0 Å². The van der Waals surface area contributed by atoms with Crippen LogP contribution in [0.1, 0.15) is 116 Å². The van der Waals surface area contributed by atoms with Gasteiger partial charge in [0.15, 0.2) is 0 Å². The maximum Gasteiger partial charge on any atom is 0.246 e. The molecule has 2 amide bonds. The first kappa shape index (κ1) is 59.5. The molecule has 2 N–H and O–H groups in total. The van der Waals surface area contributed by atoms with E-state index in [9.17, 15) is 9.59 Å². The van der Waals surface area contributed by atoms with Crippen LogP contribution in [-0.4, -0.2) is 178 Å². The lowest BCUT2D eigenvalue weighted by molar-refractivity contribution is -0.129. The van der Waals surface area contributed by atoms with Gasteiger partial charge >= 0.3 is 0 Å². The zero-order valence-electron chi connectivity index (χ0n) is 40.8. The molecule has 0 aromatic carbocycles. The van der Waals surface area contributed by atoms with E-state index in [2.05, 4.69) is 10.6 Å². The Hall–Kier alpha value is -1.54. The zero-order valence-corrected chi connectivity index (χ0v) is 40.8. The quantitative estimate of drug-likeness (QED) is 0.0758. The van der Waals surface area contributed by atoms with Crippen molar-refractivity contribution >= 4 is 11.8 Å². The van der Waals surface area contributed by atoms with Crippen LogP contribution in [0.25, 0.3) is 0 Å². The molecule has 0 saturated carbocycles. The molecule has 0 aliphatic carbocycles. The number of hydrogen-bond donors (Lipinski definition) is 2. The van der Waals surface area contributed by atoms with E-state index in [1.54, 1.807) is 0 Å². The van der Waals surface area contributed by atoms with Crippen molar-refractivity contribution < 1.29 is 66.4 Å². The summed E-state index contributed by atoms with van der Waals surface area (Å²) >= 11 is 0. The summed E-state index contributed by atoms with van der Waals surface area (Å²) in [5.74, 6) is -0.327. The second kappa shape index (κ2) is 33.9. The van der Waals surface area contributed by atoms with Gasteiger partial charge in [-0.1, -0.05) is 0 Å². The van der Waals surface area contributed by atoms with Crippen LogP contribution in [-0.2, 0) is 66.4 Å². The van der Waals surface area contributed by atoms with Crippen molar-refractivity contribution in [2.75, 3.05) is 132 Å². The molecule has 0 aromatic rings. The Morgan fingerprint density at radius 1 is 0.377 bits per heavy atom. The fourth-order valence-electron chi connectivity index (χ4n) is 5.36. The number of carbonyl (C=O) groups excluding carboxylic acids is 2. The summed E-state index contributed by atoms with van der Waals surface area (Å²) in [7, 11) is 0. The number of ether oxygens (including phenoxy) is 12. The Labute approximate surface area is 370 Å². The molecule has 0 saturated heterocycles. The normalized spacial score (nSPS) is 13.0. The number of hydrogen-bond acceptors (Lipinski definition) is 14. The van der Waals surface area contributed by atoms with Crippen LogP contribution in [0.5, 0.6) is 0 Å². The van der Waals surface area contributed by atoms with Crippen molar-refractivity contribution in [3.8, 4) is 0 Å². The third-order valence-corrected chi connectivity index (χ3v) is 8.87. The first-order valence-corrected chi connectivity index (χ1v) is 22.3. The average molecular weight is 883 g/mol. The molecule has 16 heteroatoms. The molecule has 16 nitrogen and oxygen atoms in total. The fourth-order valence-corrected chi connectivity index (χ4v) is 5.36. The summed E-state index contributed by atoms with van der Waals surface area (Å²) in [6.07, 6.45) is 3.19. The Morgan fingerprint density at radius 2 is 0.656 bits per heavy atom. The van der Waals surface area contributed by atoms with Gasteiger partial charge in [0, 0.05) is 11.1 Å². The molecule has 0 aromatic heterocycles. The number of nitrogens with one attached hydrogen (secondary N) is 2. The highest BCUT2D eigenvalue weighted by molar-refractivity contribution is 5.78. The topological polar surface area (TPSA) is 169 Å². The Kier molecular flexibility index (Phi) is 33.0. The van der Waals surface area contributed by atoms with Gasteiger partial charge in [-0.3, -0.25) is 9.59 Å². The van der Waals surface area contributed by atoms with Crippen LogP contribution < -0.4 is 10.6 Å². The summed E-state index contributed by atoms with van der Waals surface area (Å²) in [4.78, 5) is 24.9. The van der Waals surface area contributed by atoms with Crippen molar-refractivity contribution in [2.24, 2.45) is 0 Å². The van der Waals surface area contributed by atoms with E-state index in [4.69, 9.17) is 56.8 Å². The number of carbonyl (C=O) groups is 2. The third-order valence-electron chi connectivity index (χ3n) is 8.87. The Bertz CT molecular complexity index is 1080. The lowest BCUT2D eigenvalue weighted by Crippen LogP contribution is -2.46. The van der Waals surface area contributed by atoms with Crippen molar-refractivity contribution in [3.05, 3.63) is 0 Å².